The number of benzene rings is 8. The molecule has 8 aromatic carbocycles. The fourth-order valence-corrected chi connectivity index (χ4v) is 10.4. The summed E-state index contributed by atoms with van der Waals surface area (Å²) in [4.78, 5) is 4.90. The first-order valence-electron chi connectivity index (χ1n) is 19.1. The van der Waals surface area contributed by atoms with E-state index in [0.29, 0.717) is 0 Å². The lowest BCUT2D eigenvalue weighted by Crippen LogP contribution is -2.38. The maximum Gasteiger partial charge on any atom is 0.0784 e. The van der Waals surface area contributed by atoms with E-state index in [1.54, 1.807) is 0 Å². The molecule has 0 unspecified atom stereocenters. The SMILES string of the molecule is Cc1cccc(N(c2ccc3c(c2)C(C)(C)c2cc(N(c4ccccc4)c4ccccc4)c4ccccc4c2-3)c2ccc([Si](C)(C)C)c3ccccc23)c1. The Kier molecular flexibility index (Phi) is 8.10. The minimum atomic E-state index is -1.59. The van der Waals surface area contributed by atoms with E-state index in [1.807, 2.05) is 0 Å². The van der Waals surface area contributed by atoms with Crippen LogP contribution in [0.5, 0.6) is 0 Å². The van der Waals surface area contributed by atoms with Gasteiger partial charge in [-0.2, -0.15) is 0 Å². The Bertz CT molecular complexity index is 2650. The van der Waals surface area contributed by atoms with Crippen molar-refractivity contribution in [1.29, 1.82) is 0 Å². The second-order valence-corrected chi connectivity index (χ2v) is 21.4. The van der Waals surface area contributed by atoms with E-state index in [4.69, 9.17) is 0 Å². The van der Waals surface area contributed by atoms with Crippen LogP contribution in [0.3, 0.4) is 0 Å². The van der Waals surface area contributed by atoms with Crippen molar-refractivity contribution >= 4 is 68.9 Å². The molecule has 0 bridgehead atoms. The number of anilines is 6. The molecule has 1 aliphatic carbocycles. The summed E-state index contributed by atoms with van der Waals surface area (Å²) in [6, 6.07) is 62.9. The highest BCUT2D eigenvalue weighted by Gasteiger charge is 2.38. The average Bonchev–Trinajstić information content (AvgIpc) is 3.41. The Morgan fingerprint density at radius 3 is 1.59 bits per heavy atom. The monoisotopic (exact) mass is 714 g/mol. The molecule has 264 valence electrons. The number of aryl methyl sites for hydroxylation is 1. The molecule has 3 heteroatoms. The van der Waals surface area contributed by atoms with Crippen LogP contribution >= 0.6 is 0 Å². The van der Waals surface area contributed by atoms with Crippen molar-refractivity contribution < 1.29 is 0 Å². The third kappa shape index (κ3) is 5.54. The molecule has 9 rings (SSSR count). The summed E-state index contributed by atoms with van der Waals surface area (Å²) in [6.07, 6.45) is 0. The maximum atomic E-state index is 2.48. The van der Waals surface area contributed by atoms with Crippen molar-refractivity contribution in [1.82, 2.24) is 0 Å². The average molecular weight is 715 g/mol. The van der Waals surface area contributed by atoms with Gasteiger partial charge in [0.25, 0.3) is 0 Å². The van der Waals surface area contributed by atoms with Gasteiger partial charge in [-0.1, -0.05) is 148 Å². The predicted octanol–water partition coefficient (Wildman–Crippen LogP) is 14.1. The summed E-state index contributed by atoms with van der Waals surface area (Å²) in [5, 5.41) is 6.68. The van der Waals surface area contributed by atoms with Crippen molar-refractivity contribution in [2.75, 3.05) is 9.80 Å². The Morgan fingerprint density at radius 1 is 0.426 bits per heavy atom. The highest BCUT2D eigenvalue weighted by Crippen LogP contribution is 2.56. The molecule has 0 fully saturated rings. The fourth-order valence-electron chi connectivity index (χ4n) is 8.78. The number of nitrogens with zero attached hydrogens (tertiary/aromatic N) is 2. The molecule has 0 aromatic heterocycles. The number of para-hydroxylation sites is 2. The summed E-state index contributed by atoms with van der Waals surface area (Å²) < 4.78 is 0. The smallest absolute Gasteiger partial charge is 0.0784 e. The molecule has 2 nitrogen and oxygen atoms in total. The molecular weight excluding hydrogens is 669 g/mol. The van der Waals surface area contributed by atoms with Crippen LogP contribution in [0.1, 0.15) is 30.5 Å². The van der Waals surface area contributed by atoms with Crippen molar-refractivity contribution in [2.24, 2.45) is 0 Å². The van der Waals surface area contributed by atoms with E-state index in [9.17, 15) is 0 Å². The van der Waals surface area contributed by atoms with Gasteiger partial charge in [-0.25, -0.2) is 0 Å². The van der Waals surface area contributed by atoms with Gasteiger partial charge in [0.05, 0.1) is 19.4 Å². The molecule has 1 aliphatic rings. The Morgan fingerprint density at radius 2 is 0.963 bits per heavy atom. The van der Waals surface area contributed by atoms with Crippen LogP contribution in [0.2, 0.25) is 19.6 Å². The van der Waals surface area contributed by atoms with Crippen LogP contribution in [-0.4, -0.2) is 8.07 Å². The predicted molar refractivity (Wildman–Crippen MR) is 236 cm³/mol. The zero-order chi connectivity index (χ0) is 37.2. The van der Waals surface area contributed by atoms with Crippen molar-refractivity contribution in [2.45, 2.75) is 45.8 Å². The highest BCUT2D eigenvalue weighted by atomic mass is 28.3. The molecule has 0 N–H and O–H groups in total. The van der Waals surface area contributed by atoms with Crippen LogP contribution in [-0.2, 0) is 5.41 Å². The second kappa shape index (κ2) is 12.9. The minimum absolute atomic E-state index is 0.249. The third-order valence-corrected chi connectivity index (χ3v) is 13.4. The fraction of sp³-hybridized carbons (Fsp3) is 0.137. The highest BCUT2D eigenvalue weighted by molar-refractivity contribution is 6.90. The van der Waals surface area contributed by atoms with Gasteiger partial charge >= 0.3 is 0 Å². The lowest BCUT2D eigenvalue weighted by molar-refractivity contribution is 0.661. The first-order valence-corrected chi connectivity index (χ1v) is 22.6. The number of hydrogen-bond donors (Lipinski definition) is 0. The van der Waals surface area contributed by atoms with Gasteiger partial charge in [-0.3, -0.25) is 0 Å². The van der Waals surface area contributed by atoms with E-state index in [1.165, 1.54) is 77.3 Å². The molecule has 0 spiro atoms. The first-order chi connectivity index (χ1) is 26.1. The standard InChI is InChI=1S/C51H46N2Si/c1-35-18-17-23-38(32-35)53(47-30-31-49(54(4,5)6)42-26-15-13-24-40(42)47)39-28-29-44-45(33-39)51(2,3)46-34-48(41-25-14-16-27-43(41)50(44)46)52(36-19-9-7-10-20-36)37-21-11-8-12-22-37/h7-34H,1-6H3. The van der Waals surface area contributed by atoms with Crippen molar-refractivity contribution in [3.63, 3.8) is 0 Å². The third-order valence-electron chi connectivity index (χ3n) is 11.4. The van der Waals surface area contributed by atoms with E-state index >= 15 is 0 Å². The first kappa shape index (κ1) is 33.9. The molecule has 0 heterocycles. The van der Waals surface area contributed by atoms with Gasteiger partial charge in [-0.05, 0) is 106 Å². The van der Waals surface area contributed by atoms with Gasteiger partial charge in [0, 0.05) is 38.9 Å². The summed E-state index contributed by atoms with van der Waals surface area (Å²) >= 11 is 0. The van der Waals surface area contributed by atoms with Gasteiger partial charge < -0.3 is 9.80 Å². The minimum Gasteiger partial charge on any atom is -0.310 e. The Labute approximate surface area is 321 Å². The molecule has 0 atom stereocenters. The molecule has 0 saturated carbocycles. The largest absolute Gasteiger partial charge is 0.310 e. The molecule has 54 heavy (non-hydrogen) atoms. The molecule has 8 aromatic rings. The van der Waals surface area contributed by atoms with Crippen molar-refractivity contribution in [3.8, 4) is 11.1 Å². The molecule has 0 amide bonds. The molecular formula is C51H46N2Si. The van der Waals surface area contributed by atoms with Crippen LogP contribution in [0.15, 0.2) is 170 Å². The molecule has 0 aliphatic heterocycles. The molecule has 0 radical (unpaired) electrons. The maximum absolute atomic E-state index is 2.48. The van der Waals surface area contributed by atoms with Crippen LogP contribution in [0.25, 0.3) is 32.7 Å². The molecule has 0 saturated heterocycles. The summed E-state index contributed by atoms with van der Waals surface area (Å²) in [6.45, 7) is 14.3. The summed E-state index contributed by atoms with van der Waals surface area (Å²) in [5.41, 5.74) is 13.4. The lowest BCUT2D eigenvalue weighted by Gasteiger charge is -2.31. The van der Waals surface area contributed by atoms with Gasteiger partial charge in [0.1, 0.15) is 0 Å². The van der Waals surface area contributed by atoms with E-state index in [0.717, 1.165) is 11.4 Å². The lowest BCUT2D eigenvalue weighted by atomic mass is 9.81. The number of rotatable bonds is 7. The zero-order valence-electron chi connectivity index (χ0n) is 32.1. The summed E-state index contributed by atoms with van der Waals surface area (Å²) in [7, 11) is -1.59. The number of hydrogen-bond acceptors (Lipinski definition) is 2. The zero-order valence-corrected chi connectivity index (χ0v) is 33.1. The van der Waals surface area contributed by atoms with Gasteiger partial charge in [-0.15, -0.1) is 0 Å². The van der Waals surface area contributed by atoms with E-state index in [-0.39, 0.29) is 5.41 Å². The van der Waals surface area contributed by atoms with Gasteiger partial charge in [0.2, 0.25) is 0 Å². The second-order valence-electron chi connectivity index (χ2n) is 16.3. The number of fused-ring (bicyclic) bond motifs is 6. The Hall–Kier alpha value is -5.90. The Balaban J connectivity index is 1.27. The topological polar surface area (TPSA) is 6.48 Å². The van der Waals surface area contributed by atoms with E-state index in [2.05, 4.69) is 220 Å². The van der Waals surface area contributed by atoms with Crippen LogP contribution in [0.4, 0.5) is 34.1 Å². The van der Waals surface area contributed by atoms with Crippen molar-refractivity contribution in [3.05, 3.63) is 187 Å². The van der Waals surface area contributed by atoms with Crippen LogP contribution in [0, 0.1) is 6.92 Å². The summed E-state index contributed by atoms with van der Waals surface area (Å²) in [5.74, 6) is 0. The normalized spacial score (nSPS) is 13.1. The van der Waals surface area contributed by atoms with E-state index < -0.39 is 8.07 Å². The van der Waals surface area contributed by atoms with Crippen LogP contribution < -0.4 is 15.0 Å². The van der Waals surface area contributed by atoms with Gasteiger partial charge in [0.15, 0.2) is 0 Å². The quantitative estimate of drug-likeness (QED) is 0.152.